The maximum Gasteiger partial charge on any atom is 0.416 e. The minimum absolute atomic E-state index is 0.156. The van der Waals surface area contributed by atoms with Crippen molar-refractivity contribution in [2.75, 3.05) is 5.73 Å². The number of nitrogen functional groups attached to an aromatic ring is 1. The van der Waals surface area contributed by atoms with E-state index in [4.69, 9.17) is 17.3 Å². The van der Waals surface area contributed by atoms with Gasteiger partial charge in [-0.05, 0) is 29.3 Å². The van der Waals surface area contributed by atoms with Gasteiger partial charge in [0.2, 0.25) is 5.24 Å². The number of benzene rings is 1. The number of hydrogen-bond donors (Lipinski definition) is 1. The molecule has 10 heteroatoms. The van der Waals surface area contributed by atoms with Crippen LogP contribution in [0.15, 0.2) is 41.3 Å². The second-order valence-corrected chi connectivity index (χ2v) is 5.08. The molecule has 1 aromatic carbocycles. The largest absolute Gasteiger partial charge is 0.416 e. The summed E-state index contributed by atoms with van der Waals surface area (Å²) < 4.78 is 38.8. The van der Waals surface area contributed by atoms with Crippen LogP contribution in [-0.2, 0) is 11.0 Å². The van der Waals surface area contributed by atoms with Gasteiger partial charge in [0.05, 0.1) is 5.56 Å². The maximum atomic E-state index is 12.8. The van der Waals surface area contributed by atoms with Gasteiger partial charge in [0.25, 0.3) is 5.91 Å². The summed E-state index contributed by atoms with van der Waals surface area (Å²) in [5.74, 6) is -3.08. The second kappa shape index (κ2) is 6.44. The number of nitrogens with zero attached hydrogens (tertiary/aromatic N) is 2. The number of carbonyl (C=O) groups is 2. The van der Waals surface area contributed by atoms with Gasteiger partial charge in [0, 0.05) is 6.20 Å². The number of halogens is 4. The molecule has 0 saturated carbocycles. The van der Waals surface area contributed by atoms with Crippen molar-refractivity contribution in [3.8, 4) is 0 Å². The van der Waals surface area contributed by atoms with Crippen molar-refractivity contribution in [1.29, 1.82) is 0 Å². The molecule has 1 unspecified atom stereocenters. The molecule has 0 spiro atoms. The lowest BCUT2D eigenvalue weighted by Crippen LogP contribution is -2.34. The summed E-state index contributed by atoms with van der Waals surface area (Å²) in [5.41, 5.74) is 2.86. The Labute approximate surface area is 137 Å². The molecular weight excluding hydrogens is 351 g/mol. The number of carbonyl (C=O) groups excluding carboxylic acids is 2. The van der Waals surface area contributed by atoms with Crippen molar-refractivity contribution in [3.05, 3.63) is 58.1 Å². The molecule has 2 N–H and O–H groups in total. The Morgan fingerprint density at radius 2 is 1.92 bits per heavy atom. The minimum atomic E-state index is -4.67. The van der Waals surface area contributed by atoms with Gasteiger partial charge in [-0.15, -0.1) is 0 Å². The van der Waals surface area contributed by atoms with Gasteiger partial charge < -0.3 is 5.73 Å². The number of rotatable bonds is 3. The highest BCUT2D eigenvalue weighted by molar-refractivity contribution is 6.66. The molecule has 0 aliphatic carbocycles. The molecule has 0 bridgehead atoms. The van der Waals surface area contributed by atoms with Gasteiger partial charge in [-0.1, -0.05) is 18.2 Å². The summed E-state index contributed by atoms with van der Waals surface area (Å²) in [7, 11) is 0. The van der Waals surface area contributed by atoms with Gasteiger partial charge in [0.15, 0.2) is 0 Å². The lowest BCUT2D eigenvalue weighted by molar-refractivity contribution is -0.137. The number of anilines is 1. The van der Waals surface area contributed by atoms with E-state index in [-0.39, 0.29) is 11.4 Å². The Morgan fingerprint density at radius 1 is 1.25 bits per heavy atom. The Hall–Kier alpha value is -2.68. The third-order valence-electron chi connectivity index (χ3n) is 3.08. The third-order valence-corrected chi connectivity index (χ3v) is 3.30. The first-order valence-corrected chi connectivity index (χ1v) is 6.75. The first kappa shape index (κ1) is 17.7. The monoisotopic (exact) mass is 359 g/mol. The zero-order valence-corrected chi connectivity index (χ0v) is 12.5. The highest BCUT2D eigenvalue weighted by Crippen LogP contribution is 2.32. The molecule has 24 heavy (non-hydrogen) atoms. The van der Waals surface area contributed by atoms with E-state index < -0.39 is 34.5 Å². The van der Waals surface area contributed by atoms with Gasteiger partial charge in [-0.3, -0.25) is 9.59 Å². The van der Waals surface area contributed by atoms with Crippen LogP contribution in [0, 0.1) is 0 Å². The highest BCUT2D eigenvalue weighted by Gasteiger charge is 2.34. The summed E-state index contributed by atoms with van der Waals surface area (Å²) in [6.45, 7) is 0. The van der Waals surface area contributed by atoms with Gasteiger partial charge >= 0.3 is 11.9 Å². The zero-order valence-electron chi connectivity index (χ0n) is 11.7. The Bertz CT molecular complexity index is 864. The summed E-state index contributed by atoms with van der Waals surface area (Å²) in [5, 5.41) is -1.23. The predicted molar refractivity (Wildman–Crippen MR) is 78.6 cm³/mol. The van der Waals surface area contributed by atoms with Crippen LogP contribution in [0.25, 0.3) is 0 Å². The molecule has 0 aliphatic rings. The first-order valence-electron chi connectivity index (χ1n) is 6.37. The summed E-state index contributed by atoms with van der Waals surface area (Å²) in [6.07, 6.45) is -3.70. The molecule has 126 valence electrons. The lowest BCUT2D eigenvalue weighted by atomic mass is 9.97. The molecule has 1 atom stereocenters. The van der Waals surface area contributed by atoms with Crippen molar-refractivity contribution in [3.63, 3.8) is 0 Å². The topological polar surface area (TPSA) is 95.0 Å². The van der Waals surface area contributed by atoms with Crippen LogP contribution in [0.3, 0.4) is 0 Å². The highest BCUT2D eigenvalue weighted by atomic mass is 35.5. The molecule has 2 rings (SSSR count). The van der Waals surface area contributed by atoms with Crippen molar-refractivity contribution in [1.82, 2.24) is 9.55 Å². The molecule has 0 fully saturated rings. The minimum Gasteiger partial charge on any atom is -0.383 e. The van der Waals surface area contributed by atoms with Crippen molar-refractivity contribution < 1.29 is 22.8 Å². The van der Waals surface area contributed by atoms with Gasteiger partial charge in [-0.25, -0.2) is 9.36 Å². The molecule has 0 saturated heterocycles. The molecule has 0 radical (unpaired) electrons. The summed E-state index contributed by atoms with van der Waals surface area (Å²) in [6, 6.07) is 4.69. The standard InChI is InChI=1S/C14H9ClF3N3O3/c15-11(22)10(7-2-1-3-8(6-7)14(16,17)18)12(23)21-5-4-9(19)20-13(21)24/h1-6,10H,(H2,19,20,24). The van der Waals surface area contributed by atoms with E-state index in [1.807, 2.05) is 0 Å². The molecule has 0 aliphatic heterocycles. The molecule has 6 nitrogen and oxygen atoms in total. The summed E-state index contributed by atoms with van der Waals surface area (Å²) in [4.78, 5) is 39.0. The van der Waals surface area contributed by atoms with Crippen molar-refractivity contribution in [2.24, 2.45) is 0 Å². The maximum absolute atomic E-state index is 12.8. The van der Waals surface area contributed by atoms with Crippen LogP contribution in [-0.4, -0.2) is 20.7 Å². The lowest BCUT2D eigenvalue weighted by Gasteiger charge is -2.15. The molecule has 1 heterocycles. The Kier molecular flexibility index (Phi) is 4.74. The molecule has 1 aromatic heterocycles. The smallest absolute Gasteiger partial charge is 0.383 e. The summed E-state index contributed by atoms with van der Waals surface area (Å²) >= 11 is 5.37. The molecule has 0 amide bonds. The van der Waals surface area contributed by atoms with E-state index in [2.05, 4.69) is 4.98 Å². The number of hydrogen-bond acceptors (Lipinski definition) is 5. The predicted octanol–water partition coefficient (Wildman–Crippen LogP) is 2.03. The van der Waals surface area contributed by atoms with E-state index in [0.29, 0.717) is 10.6 Å². The fraction of sp³-hybridized carbons (Fsp3) is 0.143. The second-order valence-electron chi connectivity index (χ2n) is 4.70. The van der Waals surface area contributed by atoms with Gasteiger partial charge in [0.1, 0.15) is 11.7 Å². The SMILES string of the molecule is Nc1ccn(C(=O)C(C(=O)Cl)c2cccc(C(F)(F)F)c2)c(=O)n1. The van der Waals surface area contributed by atoms with E-state index in [1.54, 1.807) is 0 Å². The first-order chi connectivity index (χ1) is 11.1. The molecule has 2 aromatic rings. The van der Waals surface area contributed by atoms with E-state index in [0.717, 1.165) is 30.5 Å². The fourth-order valence-electron chi connectivity index (χ4n) is 1.99. The van der Waals surface area contributed by atoms with Crippen LogP contribution in [0.1, 0.15) is 21.8 Å². The van der Waals surface area contributed by atoms with Crippen LogP contribution in [0.2, 0.25) is 0 Å². The van der Waals surface area contributed by atoms with E-state index in [9.17, 15) is 27.6 Å². The Morgan fingerprint density at radius 3 is 2.46 bits per heavy atom. The van der Waals surface area contributed by atoms with Crippen LogP contribution >= 0.6 is 11.6 Å². The quantitative estimate of drug-likeness (QED) is 0.668. The van der Waals surface area contributed by atoms with E-state index in [1.165, 1.54) is 0 Å². The Balaban J connectivity index is 2.53. The van der Waals surface area contributed by atoms with Crippen molar-refractivity contribution >= 4 is 28.6 Å². The average molecular weight is 360 g/mol. The zero-order chi connectivity index (χ0) is 18.1. The van der Waals surface area contributed by atoms with Gasteiger partial charge in [-0.2, -0.15) is 18.2 Å². The normalized spacial score (nSPS) is 12.7. The molecular formula is C14H9ClF3N3O3. The van der Waals surface area contributed by atoms with Crippen molar-refractivity contribution in [2.45, 2.75) is 12.1 Å². The van der Waals surface area contributed by atoms with Crippen LogP contribution < -0.4 is 11.4 Å². The third kappa shape index (κ3) is 3.62. The van der Waals surface area contributed by atoms with Crippen LogP contribution in [0.4, 0.5) is 19.0 Å². The number of aromatic nitrogens is 2. The number of nitrogens with two attached hydrogens (primary N) is 1. The number of alkyl halides is 3. The van der Waals surface area contributed by atoms with Crippen LogP contribution in [0.5, 0.6) is 0 Å². The average Bonchev–Trinajstić information content (AvgIpc) is 2.46. The fourth-order valence-corrected chi connectivity index (χ4v) is 2.21. The van der Waals surface area contributed by atoms with E-state index >= 15 is 0 Å².